The number of pyridine rings is 1. The maximum Gasteiger partial charge on any atom is 0.154 e. The first-order valence-electron chi connectivity index (χ1n) is 1.98. The van der Waals surface area contributed by atoms with Crippen molar-refractivity contribution in [2.45, 2.75) is 0 Å². The monoisotopic (exact) mass is 114 g/mol. The zero-order valence-corrected chi connectivity index (χ0v) is 3.86. The predicted octanol–water partition coefficient (Wildman–Crippen LogP) is 1.16. The van der Waals surface area contributed by atoms with Gasteiger partial charge in [-0.3, -0.25) is 0 Å². The van der Waals surface area contributed by atoms with Gasteiger partial charge in [0.05, 0.1) is 6.20 Å². The minimum Gasteiger partial charge on any atom is -0.248 e. The molecule has 0 fully saturated rings. The number of hydrogen-bond donors (Lipinski definition) is 0. The number of halogens is 2. The Morgan fingerprint density at radius 3 is 2.62 bits per heavy atom. The molecule has 1 aromatic rings. The number of rotatable bonds is 0. The molecule has 0 atom stereocenters. The molecule has 0 saturated carbocycles. The van der Waals surface area contributed by atoms with Gasteiger partial charge in [0, 0.05) is 6.07 Å². The van der Waals surface area contributed by atoms with Gasteiger partial charge in [-0.1, -0.05) is 0 Å². The first-order chi connectivity index (χ1) is 3.79. The van der Waals surface area contributed by atoms with Crippen molar-refractivity contribution < 1.29 is 8.78 Å². The molecule has 1 nitrogen and oxygen atoms in total. The Kier molecular flexibility index (Phi) is 1.20. The van der Waals surface area contributed by atoms with Gasteiger partial charge >= 0.3 is 0 Å². The molecule has 0 aliphatic carbocycles. The Balaban J connectivity index is 3.08. The smallest absolute Gasteiger partial charge is 0.154 e. The highest BCUT2D eigenvalue weighted by Crippen LogP contribution is 1.95. The molecule has 0 spiro atoms. The molecule has 8 heavy (non-hydrogen) atoms. The van der Waals surface area contributed by atoms with Gasteiger partial charge < -0.3 is 0 Å². The summed E-state index contributed by atoms with van der Waals surface area (Å²) in [5, 5.41) is 0. The zero-order valence-electron chi connectivity index (χ0n) is 3.86. The van der Waals surface area contributed by atoms with Crippen LogP contribution in [0.15, 0.2) is 12.3 Å². The molecular weight excluding hydrogens is 112 g/mol. The lowest BCUT2D eigenvalue weighted by atomic mass is 10.5. The van der Waals surface area contributed by atoms with Crippen molar-refractivity contribution in [2.24, 2.45) is 0 Å². The lowest BCUT2D eigenvalue weighted by molar-refractivity contribution is 0.571. The van der Waals surface area contributed by atoms with Crippen molar-refractivity contribution in [1.82, 2.24) is 4.98 Å². The molecule has 0 amide bonds. The van der Waals surface area contributed by atoms with E-state index in [2.05, 4.69) is 4.98 Å². The van der Waals surface area contributed by atoms with E-state index in [4.69, 9.17) is 0 Å². The van der Waals surface area contributed by atoms with E-state index in [0.717, 1.165) is 6.20 Å². The van der Waals surface area contributed by atoms with Crippen LogP contribution in [0.2, 0.25) is 0 Å². The molecule has 0 unspecified atom stereocenters. The Bertz CT molecular complexity index is 170. The normalized spacial score (nSPS) is 9.25. The van der Waals surface area contributed by atoms with E-state index in [1.54, 1.807) is 0 Å². The largest absolute Gasteiger partial charge is 0.248 e. The van der Waals surface area contributed by atoms with Gasteiger partial charge in [-0.05, 0) is 0 Å². The standard InChI is InChI=1S/C5H2F2N/c6-4-1-5(7)3-8-2-4/h1-2H. The van der Waals surface area contributed by atoms with Crippen molar-refractivity contribution >= 4 is 0 Å². The maximum atomic E-state index is 11.8. The van der Waals surface area contributed by atoms with Crippen LogP contribution in [0.25, 0.3) is 0 Å². The third kappa shape index (κ3) is 0.992. The van der Waals surface area contributed by atoms with Crippen molar-refractivity contribution in [3.8, 4) is 0 Å². The summed E-state index contributed by atoms with van der Waals surface area (Å²) in [7, 11) is 0. The van der Waals surface area contributed by atoms with Crippen LogP contribution >= 0.6 is 0 Å². The molecule has 1 rings (SSSR count). The van der Waals surface area contributed by atoms with Gasteiger partial charge in [-0.25, -0.2) is 13.8 Å². The van der Waals surface area contributed by atoms with Gasteiger partial charge in [-0.15, -0.1) is 0 Å². The topological polar surface area (TPSA) is 12.9 Å². The highest BCUT2D eigenvalue weighted by atomic mass is 19.1. The second-order valence-corrected chi connectivity index (χ2v) is 1.25. The van der Waals surface area contributed by atoms with Crippen LogP contribution in [0.5, 0.6) is 0 Å². The fourth-order valence-corrected chi connectivity index (χ4v) is 0.346. The molecule has 0 aliphatic rings. The van der Waals surface area contributed by atoms with E-state index in [9.17, 15) is 8.78 Å². The van der Waals surface area contributed by atoms with Crippen LogP contribution in [0.1, 0.15) is 0 Å². The summed E-state index contributed by atoms with van der Waals surface area (Å²) in [6.45, 7) is 0. The molecule has 0 aliphatic heterocycles. The summed E-state index contributed by atoms with van der Waals surface area (Å²) in [6.07, 6.45) is 2.81. The summed E-state index contributed by atoms with van der Waals surface area (Å²) in [5.41, 5.74) is 0. The first kappa shape index (κ1) is 5.15. The average Bonchev–Trinajstić information content (AvgIpc) is 1.64. The lowest BCUT2D eigenvalue weighted by Crippen LogP contribution is -1.79. The summed E-state index contributed by atoms with van der Waals surface area (Å²) < 4.78 is 23.7. The lowest BCUT2D eigenvalue weighted by Gasteiger charge is -1.82. The molecule has 0 bridgehead atoms. The molecule has 0 N–H and O–H groups in total. The van der Waals surface area contributed by atoms with Crippen LogP contribution in [0, 0.1) is 17.8 Å². The quantitative estimate of drug-likeness (QED) is 0.493. The van der Waals surface area contributed by atoms with Crippen molar-refractivity contribution in [1.29, 1.82) is 0 Å². The number of aromatic nitrogens is 1. The summed E-state index contributed by atoms with van der Waals surface area (Å²) in [6, 6.07) is 0.715. The van der Waals surface area contributed by atoms with Gasteiger partial charge in [-0.2, -0.15) is 0 Å². The molecule has 0 saturated heterocycles. The number of nitrogens with zero attached hydrogens (tertiary/aromatic N) is 1. The Morgan fingerprint density at radius 1 is 1.50 bits per heavy atom. The summed E-state index contributed by atoms with van der Waals surface area (Å²) >= 11 is 0. The van der Waals surface area contributed by atoms with E-state index < -0.39 is 11.6 Å². The first-order valence-corrected chi connectivity index (χ1v) is 1.98. The predicted molar refractivity (Wildman–Crippen MR) is 23.0 cm³/mol. The highest BCUT2D eigenvalue weighted by molar-refractivity contribution is 4.94. The Labute approximate surface area is 45.0 Å². The molecule has 3 heteroatoms. The van der Waals surface area contributed by atoms with Crippen LogP contribution in [-0.2, 0) is 0 Å². The van der Waals surface area contributed by atoms with Crippen molar-refractivity contribution in [3.63, 3.8) is 0 Å². The van der Waals surface area contributed by atoms with Crippen molar-refractivity contribution in [3.05, 3.63) is 30.1 Å². The molecule has 1 heterocycles. The molecule has 41 valence electrons. The maximum absolute atomic E-state index is 11.8. The number of hydrogen-bond acceptors (Lipinski definition) is 1. The van der Waals surface area contributed by atoms with Crippen LogP contribution < -0.4 is 0 Å². The molecule has 0 aromatic carbocycles. The van der Waals surface area contributed by atoms with E-state index >= 15 is 0 Å². The zero-order chi connectivity index (χ0) is 5.98. The fourth-order valence-electron chi connectivity index (χ4n) is 0.346. The summed E-state index contributed by atoms with van der Waals surface area (Å²) in [5.74, 6) is -1.45. The van der Waals surface area contributed by atoms with Crippen LogP contribution in [-0.4, -0.2) is 4.98 Å². The SMILES string of the molecule is Fc1[c]ncc(F)c1. The highest BCUT2D eigenvalue weighted by Gasteiger charge is 1.90. The Hall–Kier alpha value is -0.990. The van der Waals surface area contributed by atoms with E-state index in [0.29, 0.717) is 6.07 Å². The van der Waals surface area contributed by atoms with E-state index in [1.807, 2.05) is 6.20 Å². The van der Waals surface area contributed by atoms with Gasteiger partial charge in [0.25, 0.3) is 0 Å². The molecule has 1 radical (unpaired) electrons. The van der Waals surface area contributed by atoms with Gasteiger partial charge in [0.15, 0.2) is 5.82 Å². The van der Waals surface area contributed by atoms with Gasteiger partial charge in [0.1, 0.15) is 12.0 Å². The minimum atomic E-state index is -0.773. The second-order valence-electron chi connectivity index (χ2n) is 1.25. The average molecular weight is 114 g/mol. The fraction of sp³-hybridized carbons (Fsp3) is 0. The second kappa shape index (κ2) is 1.86. The Morgan fingerprint density at radius 2 is 2.25 bits per heavy atom. The van der Waals surface area contributed by atoms with Gasteiger partial charge in [0.2, 0.25) is 0 Å². The third-order valence-corrected chi connectivity index (χ3v) is 0.624. The van der Waals surface area contributed by atoms with E-state index in [-0.39, 0.29) is 0 Å². The third-order valence-electron chi connectivity index (χ3n) is 0.624. The molecular formula is C5H2F2N. The van der Waals surface area contributed by atoms with Crippen LogP contribution in [0.4, 0.5) is 8.78 Å². The minimum absolute atomic E-state index is 0.679. The van der Waals surface area contributed by atoms with Crippen LogP contribution in [0.3, 0.4) is 0 Å². The van der Waals surface area contributed by atoms with E-state index in [1.165, 1.54) is 0 Å². The molecule has 1 aromatic heterocycles. The van der Waals surface area contributed by atoms with Crippen molar-refractivity contribution in [2.75, 3.05) is 0 Å². The summed E-state index contributed by atoms with van der Waals surface area (Å²) in [4.78, 5) is 3.11.